The highest BCUT2D eigenvalue weighted by atomic mass is 16.6. The molecule has 1 atom stereocenters. The first-order valence-electron chi connectivity index (χ1n) is 5.83. The average molecular weight is 262 g/mol. The molecule has 0 aromatic heterocycles. The smallest absolute Gasteiger partial charge is 0.331 e. The van der Waals surface area contributed by atoms with E-state index in [9.17, 15) is 14.7 Å². The molecule has 1 N–H and O–H groups in total. The maximum atomic E-state index is 11.6. The lowest BCUT2D eigenvalue weighted by atomic mass is 9.91. The van der Waals surface area contributed by atoms with Crippen LogP contribution in [0.5, 0.6) is 0 Å². The largest absolute Gasteiger partial charge is 0.467 e. The molecule has 0 saturated carbocycles. The summed E-state index contributed by atoms with van der Waals surface area (Å²) in [5.41, 5.74) is -0.563. The summed E-state index contributed by atoms with van der Waals surface area (Å²) in [6.07, 6.45) is -0.299. The van der Waals surface area contributed by atoms with Gasteiger partial charge in [-0.3, -0.25) is 4.79 Å². The Morgan fingerprint density at radius 2 is 1.89 bits per heavy atom. The number of carbonyl (C=O) groups excluding carboxylic acids is 2. The van der Waals surface area contributed by atoms with Gasteiger partial charge >= 0.3 is 11.9 Å². The van der Waals surface area contributed by atoms with Crippen molar-refractivity contribution in [3.63, 3.8) is 0 Å². The van der Waals surface area contributed by atoms with Crippen LogP contribution in [-0.4, -0.2) is 50.1 Å². The first kappa shape index (κ1) is 16.9. The van der Waals surface area contributed by atoms with Crippen LogP contribution in [0, 0.1) is 5.41 Å². The molecule has 0 spiro atoms. The second-order valence-corrected chi connectivity index (χ2v) is 4.58. The van der Waals surface area contributed by atoms with Crippen LogP contribution < -0.4 is 0 Å². The van der Waals surface area contributed by atoms with Crippen LogP contribution in [0.2, 0.25) is 0 Å². The summed E-state index contributed by atoms with van der Waals surface area (Å²) in [5, 5.41) is 9.47. The predicted molar refractivity (Wildman–Crippen MR) is 63.9 cm³/mol. The lowest BCUT2D eigenvalue weighted by Gasteiger charge is -2.21. The molecule has 0 heterocycles. The Bertz CT molecular complexity index is 274. The molecule has 0 aliphatic heterocycles. The van der Waals surface area contributed by atoms with Crippen molar-refractivity contribution in [1.29, 1.82) is 0 Å². The molecule has 0 amide bonds. The number of esters is 2. The Labute approximate surface area is 107 Å². The highest BCUT2D eigenvalue weighted by Crippen LogP contribution is 2.21. The third-order valence-electron chi connectivity index (χ3n) is 2.60. The predicted octanol–water partition coefficient (Wildman–Crippen LogP) is 0.516. The van der Waals surface area contributed by atoms with Crippen molar-refractivity contribution in [2.24, 2.45) is 5.41 Å². The summed E-state index contributed by atoms with van der Waals surface area (Å²) in [6, 6.07) is 0. The molecule has 0 aromatic carbocycles. The molecule has 0 aliphatic rings. The second-order valence-electron chi connectivity index (χ2n) is 4.58. The number of hydrogen-bond acceptors (Lipinski definition) is 6. The number of carbonyl (C=O) groups is 2. The zero-order valence-corrected chi connectivity index (χ0v) is 11.4. The molecule has 1 unspecified atom stereocenters. The van der Waals surface area contributed by atoms with E-state index in [0.29, 0.717) is 6.42 Å². The Morgan fingerprint density at radius 1 is 1.28 bits per heavy atom. The maximum absolute atomic E-state index is 11.6. The van der Waals surface area contributed by atoms with Gasteiger partial charge in [-0.15, -0.1) is 0 Å². The molecule has 18 heavy (non-hydrogen) atoms. The fourth-order valence-corrected chi connectivity index (χ4v) is 0.897. The molecule has 0 radical (unpaired) electrons. The summed E-state index contributed by atoms with van der Waals surface area (Å²) in [5.74, 6) is -0.886. The summed E-state index contributed by atoms with van der Waals surface area (Å²) >= 11 is 0. The molecule has 0 fully saturated rings. The van der Waals surface area contributed by atoms with E-state index < -0.39 is 17.5 Å². The van der Waals surface area contributed by atoms with Gasteiger partial charge in [-0.1, -0.05) is 6.92 Å². The number of rotatable bonds is 8. The van der Waals surface area contributed by atoms with Crippen molar-refractivity contribution < 1.29 is 28.9 Å². The van der Waals surface area contributed by atoms with Gasteiger partial charge in [0.2, 0.25) is 0 Å². The zero-order chi connectivity index (χ0) is 14.2. The van der Waals surface area contributed by atoms with Crippen molar-refractivity contribution in [3.05, 3.63) is 0 Å². The minimum absolute atomic E-state index is 0.0884. The van der Waals surface area contributed by atoms with Gasteiger partial charge in [0.05, 0.1) is 19.1 Å². The summed E-state index contributed by atoms with van der Waals surface area (Å²) in [6.45, 7) is 4.96. The fourth-order valence-electron chi connectivity index (χ4n) is 0.897. The molecule has 6 heteroatoms. The zero-order valence-electron chi connectivity index (χ0n) is 11.4. The second kappa shape index (κ2) is 8.05. The van der Waals surface area contributed by atoms with Crippen molar-refractivity contribution in [1.82, 2.24) is 0 Å². The van der Waals surface area contributed by atoms with E-state index in [2.05, 4.69) is 4.74 Å². The molecule has 106 valence electrons. The quantitative estimate of drug-likeness (QED) is 0.642. The lowest BCUT2D eigenvalue weighted by molar-refractivity contribution is -0.159. The Kier molecular flexibility index (Phi) is 7.54. The van der Waals surface area contributed by atoms with Crippen molar-refractivity contribution >= 4 is 11.9 Å². The number of aliphatic hydroxyl groups is 1. The topological polar surface area (TPSA) is 82.1 Å². The van der Waals surface area contributed by atoms with Gasteiger partial charge in [0.1, 0.15) is 19.3 Å². The van der Waals surface area contributed by atoms with Crippen LogP contribution >= 0.6 is 0 Å². The van der Waals surface area contributed by atoms with Crippen LogP contribution in [-0.2, 0) is 23.8 Å². The molecule has 0 saturated heterocycles. The number of hydrogen-bond donors (Lipinski definition) is 1. The van der Waals surface area contributed by atoms with E-state index in [1.165, 1.54) is 7.11 Å². The molecule has 0 rings (SSSR count). The minimum Gasteiger partial charge on any atom is -0.467 e. The molecular weight excluding hydrogens is 240 g/mol. The SMILES string of the molecule is CCC(C)(C)C(=O)OCC(O)COCC(=O)OC. The van der Waals surface area contributed by atoms with Gasteiger partial charge < -0.3 is 19.3 Å². The van der Waals surface area contributed by atoms with Gasteiger partial charge in [0.25, 0.3) is 0 Å². The van der Waals surface area contributed by atoms with Gasteiger partial charge in [0.15, 0.2) is 0 Å². The number of aliphatic hydroxyl groups excluding tert-OH is 1. The van der Waals surface area contributed by atoms with E-state index in [1.54, 1.807) is 13.8 Å². The van der Waals surface area contributed by atoms with E-state index in [4.69, 9.17) is 9.47 Å². The summed E-state index contributed by atoms with van der Waals surface area (Å²) in [7, 11) is 1.25. The Balaban J connectivity index is 3.80. The number of ether oxygens (including phenoxy) is 3. The fraction of sp³-hybridized carbons (Fsp3) is 0.833. The molecule has 0 aromatic rings. The van der Waals surface area contributed by atoms with Crippen LogP contribution in [0.3, 0.4) is 0 Å². The average Bonchev–Trinajstić information content (AvgIpc) is 2.35. The Morgan fingerprint density at radius 3 is 2.39 bits per heavy atom. The van der Waals surface area contributed by atoms with Gasteiger partial charge in [-0.25, -0.2) is 4.79 Å². The van der Waals surface area contributed by atoms with Crippen molar-refractivity contribution in [2.75, 3.05) is 26.9 Å². The summed E-state index contributed by atoms with van der Waals surface area (Å²) in [4.78, 5) is 22.3. The van der Waals surface area contributed by atoms with Crippen LogP contribution in [0.4, 0.5) is 0 Å². The lowest BCUT2D eigenvalue weighted by Crippen LogP contribution is -2.31. The molecular formula is C12H22O6. The van der Waals surface area contributed by atoms with E-state index in [0.717, 1.165) is 0 Å². The third-order valence-corrected chi connectivity index (χ3v) is 2.60. The highest BCUT2D eigenvalue weighted by Gasteiger charge is 2.27. The molecule has 0 aliphatic carbocycles. The highest BCUT2D eigenvalue weighted by molar-refractivity contribution is 5.75. The summed E-state index contributed by atoms with van der Waals surface area (Å²) < 4.78 is 14.2. The first-order valence-corrected chi connectivity index (χ1v) is 5.83. The van der Waals surface area contributed by atoms with Crippen LogP contribution in [0.25, 0.3) is 0 Å². The third kappa shape index (κ3) is 6.56. The van der Waals surface area contributed by atoms with Crippen LogP contribution in [0.1, 0.15) is 27.2 Å². The monoisotopic (exact) mass is 262 g/mol. The maximum Gasteiger partial charge on any atom is 0.331 e. The Hall–Kier alpha value is -1.14. The first-order chi connectivity index (χ1) is 8.33. The van der Waals surface area contributed by atoms with E-state index in [-0.39, 0.29) is 25.8 Å². The van der Waals surface area contributed by atoms with Crippen molar-refractivity contribution in [3.8, 4) is 0 Å². The normalized spacial score (nSPS) is 12.9. The number of methoxy groups -OCH3 is 1. The molecule has 0 bridgehead atoms. The van der Waals surface area contributed by atoms with Gasteiger partial charge in [-0.2, -0.15) is 0 Å². The van der Waals surface area contributed by atoms with E-state index in [1.807, 2.05) is 6.92 Å². The van der Waals surface area contributed by atoms with Gasteiger partial charge in [-0.05, 0) is 20.3 Å². The van der Waals surface area contributed by atoms with Gasteiger partial charge in [0, 0.05) is 0 Å². The van der Waals surface area contributed by atoms with E-state index >= 15 is 0 Å². The van der Waals surface area contributed by atoms with Crippen LogP contribution in [0.15, 0.2) is 0 Å². The minimum atomic E-state index is -0.953. The van der Waals surface area contributed by atoms with Crippen molar-refractivity contribution in [2.45, 2.75) is 33.3 Å². The molecule has 6 nitrogen and oxygen atoms in total. The standard InChI is InChI=1S/C12H22O6/c1-5-12(2,3)11(15)18-7-9(13)6-17-8-10(14)16-4/h9,13H,5-8H2,1-4H3.